The van der Waals surface area contributed by atoms with Crippen LogP contribution in [-0.4, -0.2) is 24.5 Å². The van der Waals surface area contributed by atoms with Crippen LogP contribution < -0.4 is 0 Å². The monoisotopic (exact) mass is 168 g/mol. The van der Waals surface area contributed by atoms with Crippen molar-refractivity contribution in [3.8, 4) is 0 Å². The highest BCUT2D eigenvalue weighted by Gasteiger charge is 2.19. The number of rotatable bonds is 2. The molecule has 1 nitrogen and oxygen atoms in total. The average molecular weight is 168 g/mol. The molecule has 2 aliphatic rings. The topological polar surface area (TPSA) is 3.24 Å². The summed E-state index contributed by atoms with van der Waals surface area (Å²) in [6.45, 7) is 3.70. The van der Waals surface area contributed by atoms with Crippen LogP contribution in [0.25, 0.3) is 0 Å². The van der Waals surface area contributed by atoms with Gasteiger partial charge in [0.25, 0.3) is 0 Å². The van der Waals surface area contributed by atoms with Crippen molar-refractivity contribution in [1.29, 1.82) is 0 Å². The zero-order chi connectivity index (χ0) is 9.10. The van der Waals surface area contributed by atoms with E-state index in [1.54, 1.807) is 0 Å². The van der Waals surface area contributed by atoms with Crippen molar-refractivity contribution in [2.45, 2.75) is 44.9 Å². The van der Waals surface area contributed by atoms with E-state index in [0.717, 1.165) is 18.8 Å². The molecular weight excluding hydrogens is 146 g/mol. The fraction of sp³-hybridized carbons (Fsp3) is 1.00. The summed E-state index contributed by atoms with van der Waals surface area (Å²) in [7, 11) is 0. The lowest BCUT2D eigenvalue weighted by atomic mass is 10.1. The smallest absolute Gasteiger partial charge is 0.0267 e. The molecule has 2 rings (SSSR count). The van der Waals surface area contributed by atoms with Crippen LogP contribution in [0.4, 0.5) is 0 Å². The molecule has 1 saturated heterocycles. The molecule has 0 atom stereocenters. The standard InChI is InChI=1S/C11H21N/c1-4-8-12(9-5-1)10-11-6-2-3-7-11/h11H,1-10H2/i1D. The predicted molar refractivity (Wildman–Crippen MR) is 52.2 cm³/mol. The van der Waals surface area contributed by atoms with Gasteiger partial charge in [0.1, 0.15) is 0 Å². The Hall–Kier alpha value is -0.0400. The third kappa shape index (κ3) is 2.22. The van der Waals surface area contributed by atoms with Gasteiger partial charge in [-0.2, -0.15) is 0 Å². The quantitative estimate of drug-likeness (QED) is 0.612. The van der Waals surface area contributed by atoms with Crippen molar-refractivity contribution < 1.29 is 1.37 Å². The van der Waals surface area contributed by atoms with E-state index < -0.39 is 0 Å². The van der Waals surface area contributed by atoms with Crippen molar-refractivity contribution in [3.63, 3.8) is 0 Å². The lowest BCUT2D eigenvalue weighted by Crippen LogP contribution is -2.33. The molecule has 0 aromatic rings. The number of likely N-dealkylation sites (tertiary alicyclic amines) is 1. The Labute approximate surface area is 77.5 Å². The predicted octanol–water partition coefficient (Wildman–Crippen LogP) is 2.66. The highest BCUT2D eigenvalue weighted by molar-refractivity contribution is 4.73. The van der Waals surface area contributed by atoms with Gasteiger partial charge in [-0.3, -0.25) is 0 Å². The van der Waals surface area contributed by atoms with Crippen molar-refractivity contribution in [2.75, 3.05) is 19.6 Å². The van der Waals surface area contributed by atoms with Gasteiger partial charge < -0.3 is 4.90 Å². The highest BCUT2D eigenvalue weighted by atomic mass is 15.1. The van der Waals surface area contributed by atoms with E-state index in [1.807, 2.05) is 0 Å². The Morgan fingerprint density at radius 2 is 1.75 bits per heavy atom. The van der Waals surface area contributed by atoms with Gasteiger partial charge in [-0.25, -0.2) is 0 Å². The Bertz CT molecular complexity index is 146. The fourth-order valence-electron chi connectivity index (χ4n) is 2.54. The van der Waals surface area contributed by atoms with E-state index in [9.17, 15) is 0 Å². The van der Waals surface area contributed by atoms with Crippen LogP contribution in [0.2, 0.25) is 0 Å². The summed E-state index contributed by atoms with van der Waals surface area (Å²) in [5.41, 5.74) is 0. The number of hydrogen-bond acceptors (Lipinski definition) is 1. The third-order valence-corrected chi connectivity index (χ3v) is 3.29. The molecule has 2 fully saturated rings. The molecule has 1 heterocycles. The minimum atomic E-state index is 0.236. The zero-order valence-electron chi connectivity index (χ0n) is 8.97. The Balaban J connectivity index is 1.69. The summed E-state index contributed by atoms with van der Waals surface area (Å²) in [4.78, 5) is 2.58. The van der Waals surface area contributed by atoms with E-state index >= 15 is 0 Å². The first kappa shape index (κ1) is 7.37. The van der Waals surface area contributed by atoms with E-state index in [-0.39, 0.29) is 6.40 Å². The summed E-state index contributed by atoms with van der Waals surface area (Å²) in [6, 6.07) is 0. The maximum atomic E-state index is 7.62. The molecule has 1 saturated carbocycles. The molecule has 0 unspecified atom stereocenters. The Morgan fingerprint density at radius 1 is 1.08 bits per heavy atom. The van der Waals surface area contributed by atoms with Crippen LogP contribution in [0, 0.1) is 5.92 Å². The van der Waals surface area contributed by atoms with Crippen LogP contribution >= 0.6 is 0 Å². The molecule has 12 heavy (non-hydrogen) atoms. The van der Waals surface area contributed by atoms with Crippen molar-refractivity contribution in [2.24, 2.45) is 5.92 Å². The molecule has 1 aliphatic heterocycles. The van der Waals surface area contributed by atoms with Crippen LogP contribution in [0.5, 0.6) is 0 Å². The normalized spacial score (nSPS) is 30.8. The first-order valence-corrected chi connectivity index (χ1v) is 5.49. The average Bonchev–Trinajstić information content (AvgIpc) is 2.62. The zero-order valence-corrected chi connectivity index (χ0v) is 7.97. The van der Waals surface area contributed by atoms with Crippen LogP contribution in [-0.2, 0) is 0 Å². The van der Waals surface area contributed by atoms with Gasteiger partial charge in [-0.05, 0) is 44.7 Å². The molecule has 1 aliphatic carbocycles. The van der Waals surface area contributed by atoms with Gasteiger partial charge in [0.2, 0.25) is 0 Å². The maximum Gasteiger partial charge on any atom is 0.0267 e. The minimum Gasteiger partial charge on any atom is -0.303 e. The van der Waals surface area contributed by atoms with Gasteiger partial charge in [0.15, 0.2) is 0 Å². The van der Waals surface area contributed by atoms with Crippen molar-refractivity contribution in [3.05, 3.63) is 0 Å². The minimum absolute atomic E-state index is 0.236. The van der Waals surface area contributed by atoms with Crippen LogP contribution in [0.15, 0.2) is 0 Å². The highest BCUT2D eigenvalue weighted by Crippen LogP contribution is 2.26. The lowest BCUT2D eigenvalue weighted by Gasteiger charge is -2.28. The Kier molecular flexibility index (Phi) is 2.62. The summed E-state index contributed by atoms with van der Waals surface area (Å²) < 4.78 is 7.62. The second-order valence-corrected chi connectivity index (χ2v) is 4.32. The summed E-state index contributed by atoms with van der Waals surface area (Å²) in [6.07, 6.45) is 8.28. The summed E-state index contributed by atoms with van der Waals surface area (Å²) >= 11 is 0. The lowest BCUT2D eigenvalue weighted by molar-refractivity contribution is 0.196. The molecular formula is C11H21N. The second-order valence-electron chi connectivity index (χ2n) is 4.32. The SMILES string of the molecule is [2H]C1CCN(CC2CCCC2)CC1. The van der Waals surface area contributed by atoms with Crippen LogP contribution in [0.1, 0.15) is 46.3 Å². The van der Waals surface area contributed by atoms with Gasteiger partial charge in [-0.1, -0.05) is 19.2 Å². The molecule has 0 aromatic heterocycles. The molecule has 1 heteroatoms. The van der Waals surface area contributed by atoms with Crippen molar-refractivity contribution >= 4 is 0 Å². The molecule has 0 aromatic carbocycles. The van der Waals surface area contributed by atoms with Crippen LogP contribution in [0.3, 0.4) is 0 Å². The Morgan fingerprint density at radius 3 is 2.42 bits per heavy atom. The molecule has 0 N–H and O–H groups in total. The van der Waals surface area contributed by atoms with E-state index in [2.05, 4.69) is 4.90 Å². The van der Waals surface area contributed by atoms with Crippen molar-refractivity contribution in [1.82, 2.24) is 4.90 Å². The molecule has 0 bridgehead atoms. The van der Waals surface area contributed by atoms with Gasteiger partial charge in [0.05, 0.1) is 0 Å². The number of hydrogen-bond donors (Lipinski definition) is 0. The largest absolute Gasteiger partial charge is 0.303 e. The third-order valence-electron chi connectivity index (χ3n) is 3.29. The first-order valence-electron chi connectivity index (χ1n) is 6.07. The summed E-state index contributed by atoms with van der Waals surface area (Å²) in [5, 5.41) is 0. The summed E-state index contributed by atoms with van der Waals surface area (Å²) in [5.74, 6) is 0.988. The maximum absolute atomic E-state index is 7.62. The molecule has 0 amide bonds. The second kappa shape index (κ2) is 4.27. The van der Waals surface area contributed by atoms with E-state index in [1.165, 1.54) is 45.3 Å². The van der Waals surface area contributed by atoms with Gasteiger partial charge >= 0.3 is 0 Å². The first-order chi connectivity index (χ1) is 6.34. The fourth-order valence-corrected chi connectivity index (χ4v) is 2.54. The molecule has 70 valence electrons. The number of piperidine rings is 1. The van der Waals surface area contributed by atoms with Gasteiger partial charge in [-0.15, -0.1) is 0 Å². The molecule has 0 spiro atoms. The van der Waals surface area contributed by atoms with Gasteiger partial charge in [0, 0.05) is 7.92 Å². The van der Waals surface area contributed by atoms with E-state index in [4.69, 9.17) is 1.37 Å². The molecule has 0 radical (unpaired) electrons. The van der Waals surface area contributed by atoms with E-state index in [0.29, 0.717) is 0 Å². The number of nitrogens with zero attached hydrogens (tertiary/aromatic N) is 1.